The Labute approximate surface area is 146 Å². The molecule has 0 radical (unpaired) electrons. The molecule has 5 heteroatoms. The third-order valence-electron chi connectivity index (χ3n) is 4.66. The van der Waals surface area contributed by atoms with Crippen LogP contribution in [-0.4, -0.2) is 30.1 Å². The van der Waals surface area contributed by atoms with Gasteiger partial charge in [0, 0.05) is 18.0 Å². The second kappa shape index (κ2) is 6.42. The van der Waals surface area contributed by atoms with E-state index in [0.29, 0.717) is 0 Å². The number of carbonyl (C=O) groups is 1. The molecule has 1 amide bonds. The van der Waals surface area contributed by atoms with Crippen LogP contribution in [0.15, 0.2) is 36.4 Å². The number of hydrogen-bond donors (Lipinski definition) is 2. The summed E-state index contributed by atoms with van der Waals surface area (Å²) in [5, 5.41) is 7.55. The van der Waals surface area contributed by atoms with Crippen molar-refractivity contribution in [2.24, 2.45) is 0 Å². The van der Waals surface area contributed by atoms with Crippen LogP contribution in [0.2, 0.25) is 0 Å². The highest BCUT2D eigenvalue weighted by Crippen LogP contribution is 2.38. The predicted molar refractivity (Wildman–Crippen MR) is 99.3 cm³/mol. The summed E-state index contributed by atoms with van der Waals surface area (Å²) in [5.41, 5.74) is 3.24. The van der Waals surface area contributed by atoms with Crippen LogP contribution in [0.5, 0.6) is 0 Å². The van der Waals surface area contributed by atoms with Crippen molar-refractivity contribution in [2.45, 2.75) is 26.1 Å². The molecular weight excluding hydrogens is 318 g/mol. The Hall–Kier alpha value is -2.11. The lowest BCUT2D eigenvalue weighted by atomic mass is 10.0. The van der Waals surface area contributed by atoms with E-state index in [9.17, 15) is 4.79 Å². The van der Waals surface area contributed by atoms with Gasteiger partial charge in [-0.2, -0.15) is 0 Å². The van der Waals surface area contributed by atoms with Crippen molar-refractivity contribution >= 4 is 28.3 Å². The summed E-state index contributed by atoms with van der Waals surface area (Å²) in [6.07, 6.45) is 4.85. The molecule has 0 spiro atoms. The van der Waals surface area contributed by atoms with E-state index in [4.69, 9.17) is 0 Å². The normalized spacial score (nSPS) is 20.4. The van der Waals surface area contributed by atoms with Crippen LogP contribution in [0.1, 0.15) is 33.3 Å². The van der Waals surface area contributed by atoms with Gasteiger partial charge < -0.3 is 10.6 Å². The van der Waals surface area contributed by atoms with Gasteiger partial charge in [-0.3, -0.25) is 9.69 Å². The molecule has 2 aromatic rings. The van der Waals surface area contributed by atoms with Gasteiger partial charge in [0.15, 0.2) is 0 Å². The largest absolute Gasteiger partial charge is 0.353 e. The monoisotopic (exact) mass is 339 g/mol. The number of fused-ring (bicyclic) bond motifs is 3. The van der Waals surface area contributed by atoms with E-state index in [-0.39, 0.29) is 12.1 Å². The van der Waals surface area contributed by atoms with E-state index in [1.807, 2.05) is 30.4 Å². The van der Waals surface area contributed by atoms with Crippen LogP contribution in [0, 0.1) is 0 Å². The Bertz CT molecular complexity index is 781. The molecule has 24 heavy (non-hydrogen) atoms. The number of amides is 1. The van der Waals surface area contributed by atoms with Crippen molar-refractivity contribution in [1.29, 1.82) is 0 Å². The summed E-state index contributed by atoms with van der Waals surface area (Å²) in [5.74, 6) is 0.0499. The van der Waals surface area contributed by atoms with Crippen LogP contribution in [0.3, 0.4) is 0 Å². The standard InChI is InChI=1S/C19H21N3OS/c1-2-22-11-10-14-15(12-22)24-19-17(14)18(23)20-16(21-19)9-8-13-6-4-3-5-7-13/h3-9,16,21H,2,10-12H2,1H3,(H,20,23)/b9-8-/t16-/m1/s1. The molecule has 4 nitrogen and oxygen atoms in total. The SMILES string of the molecule is CCN1CCc2c(sc3c2C(=O)N[C@@H](/C=C\c2ccccc2)N3)C1. The Morgan fingerprint density at radius 3 is 2.92 bits per heavy atom. The Morgan fingerprint density at radius 2 is 2.12 bits per heavy atom. The summed E-state index contributed by atoms with van der Waals surface area (Å²) in [6.45, 7) is 5.25. The van der Waals surface area contributed by atoms with Gasteiger partial charge in [0.05, 0.1) is 5.56 Å². The minimum Gasteiger partial charge on any atom is -0.353 e. The zero-order chi connectivity index (χ0) is 16.5. The number of nitrogens with zero attached hydrogens (tertiary/aromatic N) is 1. The van der Waals surface area contributed by atoms with Crippen molar-refractivity contribution in [2.75, 3.05) is 18.4 Å². The Balaban J connectivity index is 1.56. The average Bonchev–Trinajstić information content (AvgIpc) is 2.98. The smallest absolute Gasteiger partial charge is 0.256 e. The molecule has 0 fully saturated rings. The summed E-state index contributed by atoms with van der Waals surface area (Å²) >= 11 is 1.74. The quantitative estimate of drug-likeness (QED) is 0.902. The van der Waals surface area contributed by atoms with Gasteiger partial charge in [-0.1, -0.05) is 43.3 Å². The van der Waals surface area contributed by atoms with Crippen molar-refractivity contribution in [3.8, 4) is 0 Å². The first-order valence-corrected chi connectivity index (χ1v) is 9.24. The molecule has 0 aliphatic carbocycles. The number of likely N-dealkylation sites (N-methyl/N-ethyl adjacent to an activating group) is 1. The number of hydrogen-bond acceptors (Lipinski definition) is 4. The van der Waals surface area contributed by atoms with E-state index in [1.54, 1.807) is 11.3 Å². The molecular formula is C19H21N3OS. The van der Waals surface area contributed by atoms with Crippen molar-refractivity contribution in [3.05, 3.63) is 58.0 Å². The lowest BCUT2D eigenvalue weighted by Crippen LogP contribution is -2.43. The summed E-state index contributed by atoms with van der Waals surface area (Å²) in [6, 6.07) is 10.1. The molecule has 1 atom stereocenters. The summed E-state index contributed by atoms with van der Waals surface area (Å²) < 4.78 is 0. The molecule has 2 N–H and O–H groups in total. The molecule has 3 heterocycles. The first-order chi connectivity index (χ1) is 11.7. The molecule has 1 aromatic carbocycles. The lowest BCUT2D eigenvalue weighted by molar-refractivity contribution is 0.0942. The minimum absolute atomic E-state index is 0.0499. The highest BCUT2D eigenvalue weighted by Gasteiger charge is 2.31. The van der Waals surface area contributed by atoms with Gasteiger partial charge in [0.25, 0.3) is 5.91 Å². The highest BCUT2D eigenvalue weighted by atomic mass is 32.1. The number of anilines is 1. The fourth-order valence-electron chi connectivity index (χ4n) is 3.33. The van der Waals surface area contributed by atoms with Gasteiger partial charge in [0.2, 0.25) is 0 Å². The maximum atomic E-state index is 12.6. The number of benzene rings is 1. The van der Waals surface area contributed by atoms with Gasteiger partial charge in [-0.25, -0.2) is 0 Å². The minimum atomic E-state index is -0.160. The molecule has 4 rings (SSSR count). The van der Waals surface area contributed by atoms with E-state index in [2.05, 4.69) is 34.6 Å². The lowest BCUT2D eigenvalue weighted by Gasteiger charge is -2.26. The van der Waals surface area contributed by atoms with E-state index < -0.39 is 0 Å². The van der Waals surface area contributed by atoms with Crippen molar-refractivity contribution in [3.63, 3.8) is 0 Å². The zero-order valence-electron chi connectivity index (χ0n) is 13.7. The molecule has 2 aliphatic rings. The third kappa shape index (κ3) is 2.85. The van der Waals surface area contributed by atoms with Crippen LogP contribution in [0.25, 0.3) is 6.08 Å². The fourth-order valence-corrected chi connectivity index (χ4v) is 4.65. The molecule has 0 bridgehead atoms. The summed E-state index contributed by atoms with van der Waals surface area (Å²) in [4.78, 5) is 16.4. The molecule has 0 unspecified atom stereocenters. The topological polar surface area (TPSA) is 44.4 Å². The summed E-state index contributed by atoms with van der Waals surface area (Å²) in [7, 11) is 0. The van der Waals surface area contributed by atoms with E-state index in [1.165, 1.54) is 10.4 Å². The zero-order valence-corrected chi connectivity index (χ0v) is 14.5. The predicted octanol–water partition coefficient (Wildman–Crippen LogP) is 3.32. The maximum Gasteiger partial charge on any atom is 0.256 e. The van der Waals surface area contributed by atoms with Crippen LogP contribution in [-0.2, 0) is 13.0 Å². The number of rotatable bonds is 3. The maximum absolute atomic E-state index is 12.6. The number of nitrogens with one attached hydrogen (secondary N) is 2. The van der Waals surface area contributed by atoms with Crippen LogP contribution in [0.4, 0.5) is 5.00 Å². The Morgan fingerprint density at radius 1 is 1.29 bits per heavy atom. The molecule has 2 aliphatic heterocycles. The van der Waals surface area contributed by atoms with Gasteiger partial charge in [-0.15, -0.1) is 11.3 Å². The second-order valence-electron chi connectivity index (χ2n) is 6.19. The number of carbonyl (C=O) groups excluding carboxylic acids is 1. The first kappa shape index (κ1) is 15.4. The highest BCUT2D eigenvalue weighted by molar-refractivity contribution is 7.16. The van der Waals surface area contributed by atoms with Crippen molar-refractivity contribution < 1.29 is 4.79 Å². The van der Waals surface area contributed by atoms with Gasteiger partial charge in [-0.05, 0) is 30.2 Å². The Kier molecular flexibility index (Phi) is 4.12. The molecule has 0 saturated carbocycles. The molecule has 124 valence electrons. The molecule has 0 saturated heterocycles. The van der Waals surface area contributed by atoms with Crippen LogP contribution >= 0.6 is 11.3 Å². The van der Waals surface area contributed by atoms with Gasteiger partial charge >= 0.3 is 0 Å². The van der Waals surface area contributed by atoms with E-state index >= 15 is 0 Å². The first-order valence-electron chi connectivity index (χ1n) is 8.42. The van der Waals surface area contributed by atoms with Gasteiger partial charge in [0.1, 0.15) is 11.2 Å². The number of thiophene rings is 1. The second-order valence-corrected chi connectivity index (χ2v) is 7.30. The van der Waals surface area contributed by atoms with Crippen LogP contribution < -0.4 is 10.6 Å². The fraction of sp³-hybridized carbons (Fsp3) is 0.316. The van der Waals surface area contributed by atoms with Crippen molar-refractivity contribution in [1.82, 2.24) is 10.2 Å². The molecule has 1 aromatic heterocycles. The van der Waals surface area contributed by atoms with E-state index in [0.717, 1.165) is 42.2 Å². The average molecular weight is 339 g/mol. The third-order valence-corrected chi connectivity index (χ3v) is 5.81.